The number of piperazine rings is 1. The molecule has 0 bridgehead atoms. The van der Waals surface area contributed by atoms with Crippen LogP contribution in [-0.2, 0) is 4.79 Å². The van der Waals surface area contributed by atoms with Crippen molar-refractivity contribution < 1.29 is 9.59 Å². The minimum atomic E-state index is -0.0807. The van der Waals surface area contributed by atoms with E-state index in [0.29, 0.717) is 36.8 Å². The van der Waals surface area contributed by atoms with Gasteiger partial charge < -0.3 is 15.1 Å². The van der Waals surface area contributed by atoms with E-state index in [1.54, 1.807) is 40.4 Å². The SMILES string of the molecule is O=CN1CCN(C(=O)c2cncc(Nc3cccc(Cl)c3)c2)CC1. The Labute approximate surface area is 145 Å². The van der Waals surface area contributed by atoms with E-state index < -0.39 is 0 Å². The Morgan fingerprint density at radius 1 is 1.12 bits per heavy atom. The van der Waals surface area contributed by atoms with Crippen LogP contribution in [0.1, 0.15) is 10.4 Å². The van der Waals surface area contributed by atoms with Gasteiger partial charge in [-0.2, -0.15) is 0 Å². The molecule has 2 heterocycles. The molecule has 1 aliphatic rings. The number of halogens is 1. The molecule has 1 aromatic heterocycles. The Morgan fingerprint density at radius 3 is 2.62 bits per heavy atom. The van der Waals surface area contributed by atoms with Gasteiger partial charge in [0.1, 0.15) is 0 Å². The fraction of sp³-hybridized carbons (Fsp3) is 0.235. The van der Waals surface area contributed by atoms with Gasteiger partial charge in [-0.3, -0.25) is 14.6 Å². The van der Waals surface area contributed by atoms with Crippen molar-refractivity contribution in [2.75, 3.05) is 31.5 Å². The van der Waals surface area contributed by atoms with Crippen LogP contribution in [0.25, 0.3) is 0 Å². The van der Waals surface area contributed by atoms with Gasteiger partial charge >= 0.3 is 0 Å². The highest BCUT2D eigenvalue weighted by molar-refractivity contribution is 6.30. The maximum absolute atomic E-state index is 12.6. The molecule has 1 aliphatic heterocycles. The van der Waals surface area contributed by atoms with Crippen molar-refractivity contribution in [1.29, 1.82) is 0 Å². The van der Waals surface area contributed by atoms with Crippen molar-refractivity contribution in [2.24, 2.45) is 0 Å². The summed E-state index contributed by atoms with van der Waals surface area (Å²) in [7, 11) is 0. The zero-order valence-electron chi connectivity index (χ0n) is 13.0. The smallest absolute Gasteiger partial charge is 0.255 e. The van der Waals surface area contributed by atoms with Crippen LogP contribution in [0.2, 0.25) is 5.02 Å². The molecule has 1 aromatic carbocycles. The predicted octanol–water partition coefficient (Wildman–Crippen LogP) is 2.39. The first-order valence-corrected chi connectivity index (χ1v) is 8.00. The van der Waals surface area contributed by atoms with Gasteiger partial charge in [0.25, 0.3) is 5.91 Å². The summed E-state index contributed by atoms with van der Waals surface area (Å²) in [6.07, 6.45) is 4.03. The molecule has 24 heavy (non-hydrogen) atoms. The molecule has 2 amide bonds. The van der Waals surface area contributed by atoms with Crippen LogP contribution < -0.4 is 5.32 Å². The lowest BCUT2D eigenvalue weighted by Gasteiger charge is -2.32. The second kappa shape index (κ2) is 7.31. The molecule has 0 atom stereocenters. The molecule has 0 unspecified atom stereocenters. The Hall–Kier alpha value is -2.60. The zero-order chi connectivity index (χ0) is 16.9. The normalized spacial score (nSPS) is 14.4. The summed E-state index contributed by atoms with van der Waals surface area (Å²) in [4.78, 5) is 30.9. The number of nitrogens with zero attached hydrogens (tertiary/aromatic N) is 3. The lowest BCUT2D eigenvalue weighted by atomic mass is 10.2. The molecule has 0 spiro atoms. The van der Waals surface area contributed by atoms with Gasteiger partial charge in [0.05, 0.1) is 17.4 Å². The first kappa shape index (κ1) is 16.3. The molecule has 7 heteroatoms. The van der Waals surface area contributed by atoms with E-state index in [4.69, 9.17) is 11.6 Å². The maximum atomic E-state index is 12.6. The van der Waals surface area contributed by atoms with Crippen LogP contribution in [0.4, 0.5) is 11.4 Å². The third-order valence-electron chi connectivity index (χ3n) is 3.85. The first-order valence-electron chi connectivity index (χ1n) is 7.62. The van der Waals surface area contributed by atoms with Crippen molar-refractivity contribution >= 4 is 35.3 Å². The van der Waals surface area contributed by atoms with Gasteiger partial charge in [0.2, 0.25) is 6.41 Å². The summed E-state index contributed by atoms with van der Waals surface area (Å²) < 4.78 is 0. The van der Waals surface area contributed by atoms with Crippen LogP contribution in [0.5, 0.6) is 0 Å². The number of nitrogens with one attached hydrogen (secondary N) is 1. The van der Waals surface area contributed by atoms with Crippen LogP contribution in [0.15, 0.2) is 42.7 Å². The average molecular weight is 345 g/mol. The molecular formula is C17H17ClN4O2. The fourth-order valence-corrected chi connectivity index (χ4v) is 2.76. The Bertz CT molecular complexity index is 745. The molecule has 124 valence electrons. The minimum Gasteiger partial charge on any atom is -0.354 e. The van der Waals surface area contributed by atoms with Crippen molar-refractivity contribution in [3.8, 4) is 0 Å². The monoisotopic (exact) mass is 344 g/mol. The van der Waals surface area contributed by atoms with E-state index in [0.717, 1.165) is 17.8 Å². The predicted molar refractivity (Wildman–Crippen MR) is 92.5 cm³/mol. The van der Waals surface area contributed by atoms with E-state index >= 15 is 0 Å². The largest absolute Gasteiger partial charge is 0.354 e. The summed E-state index contributed by atoms with van der Waals surface area (Å²) in [6.45, 7) is 2.18. The van der Waals surface area contributed by atoms with E-state index in [1.165, 1.54) is 0 Å². The molecule has 1 fully saturated rings. The molecule has 0 radical (unpaired) electrons. The number of rotatable bonds is 4. The highest BCUT2D eigenvalue weighted by atomic mass is 35.5. The Balaban J connectivity index is 1.71. The van der Waals surface area contributed by atoms with Crippen LogP contribution >= 0.6 is 11.6 Å². The molecule has 0 saturated carbocycles. The molecule has 6 nitrogen and oxygen atoms in total. The number of anilines is 2. The van der Waals surface area contributed by atoms with Crippen LogP contribution in [0.3, 0.4) is 0 Å². The van der Waals surface area contributed by atoms with Gasteiger partial charge in [0, 0.05) is 43.1 Å². The van der Waals surface area contributed by atoms with Gasteiger partial charge in [-0.05, 0) is 24.3 Å². The quantitative estimate of drug-likeness (QED) is 0.865. The van der Waals surface area contributed by atoms with Crippen molar-refractivity contribution in [3.63, 3.8) is 0 Å². The Morgan fingerprint density at radius 2 is 1.92 bits per heavy atom. The number of aromatic nitrogens is 1. The van der Waals surface area contributed by atoms with Gasteiger partial charge in [-0.1, -0.05) is 17.7 Å². The molecule has 3 rings (SSSR count). The second-order valence-electron chi connectivity index (χ2n) is 5.53. The summed E-state index contributed by atoms with van der Waals surface area (Å²) in [5.41, 5.74) is 2.06. The molecule has 2 aromatic rings. The average Bonchev–Trinajstić information content (AvgIpc) is 2.61. The minimum absolute atomic E-state index is 0.0807. The Kier molecular flexibility index (Phi) is 4.96. The standard InChI is InChI=1S/C17H17ClN4O2/c18-14-2-1-3-15(9-14)20-16-8-13(10-19-11-16)17(24)22-6-4-21(12-23)5-7-22/h1-3,8-12,20H,4-7H2. The van der Waals surface area contributed by atoms with Crippen molar-refractivity contribution in [2.45, 2.75) is 0 Å². The number of amides is 2. The summed E-state index contributed by atoms with van der Waals surface area (Å²) in [5.74, 6) is -0.0807. The van der Waals surface area contributed by atoms with Gasteiger partial charge in [0.15, 0.2) is 0 Å². The maximum Gasteiger partial charge on any atom is 0.255 e. The van der Waals surface area contributed by atoms with Gasteiger partial charge in [-0.15, -0.1) is 0 Å². The van der Waals surface area contributed by atoms with E-state index in [9.17, 15) is 9.59 Å². The summed E-state index contributed by atoms with van der Waals surface area (Å²) in [5, 5.41) is 3.82. The topological polar surface area (TPSA) is 65.5 Å². The summed E-state index contributed by atoms with van der Waals surface area (Å²) in [6, 6.07) is 9.10. The number of benzene rings is 1. The highest BCUT2D eigenvalue weighted by Gasteiger charge is 2.21. The zero-order valence-corrected chi connectivity index (χ0v) is 13.7. The highest BCUT2D eigenvalue weighted by Crippen LogP contribution is 2.20. The van der Waals surface area contributed by atoms with Crippen molar-refractivity contribution in [3.05, 3.63) is 53.3 Å². The number of carbonyl (C=O) groups excluding carboxylic acids is 2. The number of hydrogen-bond donors (Lipinski definition) is 1. The lowest BCUT2D eigenvalue weighted by molar-refractivity contribution is -0.119. The van der Waals surface area contributed by atoms with E-state index in [-0.39, 0.29) is 5.91 Å². The number of hydrogen-bond acceptors (Lipinski definition) is 4. The third-order valence-corrected chi connectivity index (χ3v) is 4.08. The van der Waals surface area contributed by atoms with Crippen LogP contribution in [-0.4, -0.2) is 53.3 Å². The molecular weight excluding hydrogens is 328 g/mol. The van der Waals surface area contributed by atoms with Gasteiger partial charge in [-0.25, -0.2) is 0 Å². The molecule has 1 saturated heterocycles. The second-order valence-corrected chi connectivity index (χ2v) is 5.97. The van der Waals surface area contributed by atoms with Crippen molar-refractivity contribution in [1.82, 2.24) is 14.8 Å². The number of pyridine rings is 1. The molecule has 0 aliphatic carbocycles. The summed E-state index contributed by atoms with van der Waals surface area (Å²) >= 11 is 5.97. The van der Waals surface area contributed by atoms with E-state index in [1.807, 2.05) is 12.1 Å². The number of carbonyl (C=O) groups is 2. The molecule has 1 N–H and O–H groups in total. The fourth-order valence-electron chi connectivity index (χ4n) is 2.57. The van der Waals surface area contributed by atoms with E-state index in [2.05, 4.69) is 10.3 Å². The first-order chi connectivity index (χ1) is 11.7. The van der Waals surface area contributed by atoms with Crippen LogP contribution in [0, 0.1) is 0 Å². The lowest BCUT2D eigenvalue weighted by Crippen LogP contribution is -2.48. The third kappa shape index (κ3) is 3.83.